The Kier molecular flexibility index (Phi) is 11.3. The van der Waals surface area contributed by atoms with Crippen LogP contribution in [-0.4, -0.2) is 64.0 Å². The molecular weight excluding hydrogens is 429 g/mol. The number of nitrogens with one attached hydrogen (secondary N) is 1. The lowest BCUT2D eigenvalue weighted by molar-refractivity contribution is 0.00982. The number of nitrogens with zero attached hydrogens (tertiary/aromatic N) is 2. The average Bonchev–Trinajstić information content (AvgIpc) is 3.10. The van der Waals surface area contributed by atoms with Gasteiger partial charge >= 0.3 is 0 Å². The predicted octanol–water partition coefficient (Wildman–Crippen LogP) is 3.67. The van der Waals surface area contributed by atoms with Crippen molar-refractivity contribution >= 4 is 29.9 Å². The first kappa shape index (κ1) is 23.0. The maximum atomic E-state index is 5.95. The fraction of sp³-hybridized carbons (Fsp3) is 0.947. The van der Waals surface area contributed by atoms with E-state index in [1.807, 2.05) is 7.05 Å². The van der Waals surface area contributed by atoms with Crippen LogP contribution < -0.4 is 5.32 Å². The highest BCUT2D eigenvalue weighted by molar-refractivity contribution is 14.0. The lowest BCUT2D eigenvalue weighted by Gasteiger charge is -2.36. The lowest BCUT2D eigenvalue weighted by atomic mass is 9.83. The number of hydrogen-bond donors (Lipinski definition) is 1. The highest BCUT2D eigenvalue weighted by atomic mass is 127. The van der Waals surface area contributed by atoms with Crippen LogP contribution in [0.15, 0.2) is 4.99 Å². The summed E-state index contributed by atoms with van der Waals surface area (Å²) >= 11 is 0. The summed E-state index contributed by atoms with van der Waals surface area (Å²) in [5.41, 5.74) is 0.499. The Balaban J connectivity index is 0.00000312. The van der Waals surface area contributed by atoms with Gasteiger partial charge in [-0.1, -0.05) is 19.8 Å². The highest BCUT2D eigenvalue weighted by Gasteiger charge is 2.32. The smallest absolute Gasteiger partial charge is 0.193 e. The molecule has 2 rings (SSSR count). The van der Waals surface area contributed by atoms with Gasteiger partial charge in [-0.15, -0.1) is 24.0 Å². The maximum absolute atomic E-state index is 5.95. The largest absolute Gasteiger partial charge is 0.385 e. The van der Waals surface area contributed by atoms with Crippen LogP contribution >= 0.6 is 24.0 Å². The number of likely N-dealkylation sites (tertiary alicyclic amines) is 1. The van der Waals surface area contributed by atoms with Crippen LogP contribution in [0.3, 0.4) is 0 Å². The van der Waals surface area contributed by atoms with Crippen LogP contribution in [0.5, 0.6) is 0 Å². The summed E-state index contributed by atoms with van der Waals surface area (Å²) in [5, 5.41) is 3.67. The van der Waals surface area contributed by atoms with Crippen molar-refractivity contribution in [2.24, 2.45) is 10.4 Å². The van der Waals surface area contributed by atoms with Gasteiger partial charge in [0.1, 0.15) is 0 Å². The Hall–Kier alpha value is -0.0800. The molecule has 1 saturated heterocycles. The van der Waals surface area contributed by atoms with E-state index >= 15 is 0 Å². The summed E-state index contributed by atoms with van der Waals surface area (Å²) in [4.78, 5) is 6.92. The molecule has 0 aromatic heterocycles. The standard InChI is InChI=1S/C19H37N3O2.HI/c1-4-19(10-5-6-11-19)16-21-18(20-2)22-12-8-17(9-13-22)24-15-7-14-23-3;/h17H,4-16H2,1-3H3,(H,20,21);1H. The van der Waals surface area contributed by atoms with Gasteiger partial charge in [0.15, 0.2) is 5.96 Å². The first-order valence-electron chi connectivity index (χ1n) is 9.79. The van der Waals surface area contributed by atoms with E-state index in [1.165, 1.54) is 32.1 Å². The Morgan fingerprint density at radius 1 is 1.20 bits per heavy atom. The number of rotatable bonds is 8. The number of piperidine rings is 1. The number of halogens is 1. The van der Waals surface area contributed by atoms with Crippen molar-refractivity contribution in [2.75, 3.05) is 47.0 Å². The number of ether oxygens (including phenoxy) is 2. The fourth-order valence-corrected chi connectivity index (χ4v) is 4.07. The third kappa shape index (κ3) is 7.21. The Bertz CT molecular complexity index is 379. The van der Waals surface area contributed by atoms with E-state index in [-0.39, 0.29) is 24.0 Å². The summed E-state index contributed by atoms with van der Waals surface area (Å²) in [6.45, 7) is 7.08. The molecular formula is C19H38IN3O2. The minimum absolute atomic E-state index is 0. The number of guanidine groups is 1. The second-order valence-electron chi connectivity index (χ2n) is 7.36. The van der Waals surface area contributed by atoms with Crippen molar-refractivity contribution in [3.63, 3.8) is 0 Å². The fourth-order valence-electron chi connectivity index (χ4n) is 4.07. The molecule has 0 radical (unpaired) electrons. The molecule has 0 aromatic carbocycles. The zero-order valence-electron chi connectivity index (χ0n) is 16.4. The molecule has 25 heavy (non-hydrogen) atoms. The molecule has 2 aliphatic rings. The summed E-state index contributed by atoms with van der Waals surface area (Å²) in [7, 11) is 3.65. The minimum Gasteiger partial charge on any atom is -0.385 e. The van der Waals surface area contributed by atoms with Crippen molar-refractivity contribution < 1.29 is 9.47 Å². The van der Waals surface area contributed by atoms with E-state index in [9.17, 15) is 0 Å². The van der Waals surface area contributed by atoms with Crippen LogP contribution in [0, 0.1) is 5.41 Å². The summed E-state index contributed by atoms with van der Waals surface area (Å²) in [5.74, 6) is 1.08. The van der Waals surface area contributed by atoms with Crippen LogP contribution in [0.4, 0.5) is 0 Å². The number of aliphatic imine (C=N–C) groups is 1. The molecule has 1 heterocycles. The third-order valence-corrected chi connectivity index (χ3v) is 5.84. The molecule has 0 spiro atoms. The van der Waals surface area contributed by atoms with Crippen LogP contribution in [0.1, 0.15) is 58.3 Å². The molecule has 0 bridgehead atoms. The van der Waals surface area contributed by atoms with Crippen LogP contribution in [0.25, 0.3) is 0 Å². The SMILES string of the molecule is CCC1(CNC(=NC)N2CCC(OCCCOC)CC2)CCCC1.I. The maximum Gasteiger partial charge on any atom is 0.193 e. The minimum atomic E-state index is 0. The van der Waals surface area contributed by atoms with Crippen LogP contribution in [-0.2, 0) is 9.47 Å². The van der Waals surface area contributed by atoms with E-state index in [0.29, 0.717) is 11.5 Å². The molecule has 5 nitrogen and oxygen atoms in total. The van der Waals surface area contributed by atoms with Crippen LogP contribution in [0.2, 0.25) is 0 Å². The van der Waals surface area contributed by atoms with Crippen molar-refractivity contribution in [3.8, 4) is 0 Å². The van der Waals surface area contributed by atoms with Gasteiger partial charge in [-0.2, -0.15) is 0 Å². The second kappa shape index (κ2) is 12.3. The number of methoxy groups -OCH3 is 1. The molecule has 1 N–H and O–H groups in total. The molecule has 0 amide bonds. The summed E-state index contributed by atoms with van der Waals surface area (Å²) in [6.07, 6.45) is 10.3. The van der Waals surface area contributed by atoms with Gasteiger partial charge < -0.3 is 19.7 Å². The molecule has 1 saturated carbocycles. The van der Waals surface area contributed by atoms with Crippen molar-refractivity contribution in [2.45, 2.75) is 64.4 Å². The van der Waals surface area contributed by atoms with Gasteiger partial charge in [0.2, 0.25) is 0 Å². The van der Waals surface area contributed by atoms with Gasteiger partial charge in [-0.3, -0.25) is 4.99 Å². The van der Waals surface area contributed by atoms with E-state index in [1.54, 1.807) is 7.11 Å². The Morgan fingerprint density at radius 3 is 2.44 bits per heavy atom. The molecule has 148 valence electrons. The molecule has 0 unspecified atom stereocenters. The first-order chi connectivity index (χ1) is 11.7. The molecule has 1 aliphatic heterocycles. The monoisotopic (exact) mass is 467 g/mol. The van der Waals surface area contributed by atoms with E-state index < -0.39 is 0 Å². The quantitative estimate of drug-likeness (QED) is 0.256. The molecule has 0 atom stereocenters. The zero-order chi connectivity index (χ0) is 17.3. The molecule has 0 aromatic rings. The second-order valence-corrected chi connectivity index (χ2v) is 7.36. The topological polar surface area (TPSA) is 46.1 Å². The zero-order valence-corrected chi connectivity index (χ0v) is 18.7. The van der Waals surface area contributed by atoms with Gasteiger partial charge in [0.05, 0.1) is 6.10 Å². The summed E-state index contributed by atoms with van der Waals surface area (Å²) < 4.78 is 11.0. The molecule has 1 aliphatic carbocycles. The van der Waals surface area contributed by atoms with E-state index in [0.717, 1.165) is 58.1 Å². The molecule has 6 heteroatoms. The van der Waals surface area contributed by atoms with Gasteiger partial charge in [-0.25, -0.2) is 0 Å². The summed E-state index contributed by atoms with van der Waals surface area (Å²) in [6, 6.07) is 0. The van der Waals surface area contributed by atoms with Crippen molar-refractivity contribution in [1.29, 1.82) is 0 Å². The third-order valence-electron chi connectivity index (χ3n) is 5.84. The van der Waals surface area contributed by atoms with Gasteiger partial charge in [0.25, 0.3) is 0 Å². The van der Waals surface area contributed by atoms with Crippen molar-refractivity contribution in [1.82, 2.24) is 10.2 Å². The van der Waals surface area contributed by atoms with Gasteiger partial charge in [0, 0.05) is 47.0 Å². The Labute approximate surface area is 171 Å². The van der Waals surface area contributed by atoms with E-state index in [4.69, 9.17) is 9.47 Å². The predicted molar refractivity (Wildman–Crippen MR) is 115 cm³/mol. The first-order valence-corrected chi connectivity index (χ1v) is 9.79. The van der Waals surface area contributed by atoms with Gasteiger partial charge in [-0.05, 0) is 43.9 Å². The highest BCUT2D eigenvalue weighted by Crippen LogP contribution is 2.40. The lowest BCUT2D eigenvalue weighted by Crippen LogP contribution is -2.49. The number of hydrogen-bond acceptors (Lipinski definition) is 3. The normalized spacial score (nSPS) is 21.2. The molecule has 2 fully saturated rings. The average molecular weight is 467 g/mol. The Morgan fingerprint density at radius 2 is 1.88 bits per heavy atom. The van der Waals surface area contributed by atoms with Crippen molar-refractivity contribution in [3.05, 3.63) is 0 Å². The van der Waals surface area contributed by atoms with E-state index in [2.05, 4.69) is 22.1 Å².